The summed E-state index contributed by atoms with van der Waals surface area (Å²) >= 11 is 6.33. The third-order valence-electron chi connectivity index (χ3n) is 5.36. The molecule has 0 saturated carbocycles. The number of hydrogen-bond donors (Lipinski definition) is 1. The van der Waals surface area contributed by atoms with Crippen LogP contribution in [0.1, 0.15) is 21.5 Å². The number of aromatic nitrogens is 2. The first-order chi connectivity index (χ1) is 16.2. The number of amides is 1. The first-order valence-electron chi connectivity index (χ1n) is 10.5. The molecule has 0 saturated heterocycles. The number of sulfonamides is 1. The van der Waals surface area contributed by atoms with Crippen LogP contribution in [0, 0.1) is 0 Å². The molecule has 0 radical (unpaired) electrons. The predicted molar refractivity (Wildman–Crippen MR) is 132 cm³/mol. The van der Waals surface area contributed by atoms with Crippen LogP contribution < -0.4 is 5.14 Å². The molecule has 4 aromatic rings. The average Bonchev–Trinajstić information content (AvgIpc) is 3.22. The monoisotopic (exact) mass is 494 g/mol. The summed E-state index contributed by atoms with van der Waals surface area (Å²) in [5.41, 5.74) is 3.89. The molecule has 9 heteroatoms. The Bertz CT molecular complexity index is 1420. The van der Waals surface area contributed by atoms with Crippen molar-refractivity contribution in [2.24, 2.45) is 5.14 Å². The lowest BCUT2D eigenvalue weighted by Gasteiger charge is -2.17. The summed E-state index contributed by atoms with van der Waals surface area (Å²) < 4.78 is 24.8. The molecule has 0 aliphatic carbocycles. The largest absolute Gasteiger partial charge is 0.337 e. The van der Waals surface area contributed by atoms with Crippen LogP contribution in [0.15, 0.2) is 90.0 Å². The van der Waals surface area contributed by atoms with Crippen LogP contribution in [-0.4, -0.2) is 36.1 Å². The van der Waals surface area contributed by atoms with E-state index in [1.807, 2.05) is 65.5 Å². The molecule has 0 spiro atoms. The zero-order chi connectivity index (χ0) is 24.3. The standard InChI is InChI=1S/C25H23ClN4O3S/c1-29(25(31)19-11-13-22(14-12-19)34(27,32)33)15-21-17-30(16-20-9-5-6-10-23(20)26)28-24(21)18-7-3-2-4-8-18/h2-14,17H,15-16H2,1H3,(H2,27,32,33). The van der Waals surface area contributed by atoms with E-state index in [0.717, 1.165) is 22.4 Å². The maximum Gasteiger partial charge on any atom is 0.253 e. The van der Waals surface area contributed by atoms with Crippen molar-refractivity contribution in [3.05, 3.63) is 107 Å². The highest BCUT2D eigenvalue weighted by molar-refractivity contribution is 7.89. The summed E-state index contributed by atoms with van der Waals surface area (Å²) in [6, 6.07) is 22.9. The number of nitrogens with two attached hydrogens (primary N) is 1. The maximum atomic E-state index is 13.0. The van der Waals surface area contributed by atoms with Crippen molar-refractivity contribution in [2.45, 2.75) is 18.0 Å². The van der Waals surface area contributed by atoms with Gasteiger partial charge in [-0.1, -0.05) is 60.1 Å². The lowest BCUT2D eigenvalue weighted by Crippen LogP contribution is -2.26. The predicted octanol–water partition coefficient (Wildman–Crippen LogP) is 4.17. The summed E-state index contributed by atoms with van der Waals surface area (Å²) in [6.07, 6.45) is 1.92. The molecule has 0 bridgehead atoms. The van der Waals surface area contributed by atoms with Crippen LogP contribution in [0.3, 0.4) is 0 Å². The number of rotatable bonds is 7. The van der Waals surface area contributed by atoms with Gasteiger partial charge in [0.05, 0.1) is 17.1 Å². The molecule has 7 nitrogen and oxygen atoms in total. The smallest absolute Gasteiger partial charge is 0.253 e. The van der Waals surface area contributed by atoms with E-state index in [0.29, 0.717) is 23.7 Å². The van der Waals surface area contributed by atoms with E-state index in [4.69, 9.17) is 21.8 Å². The van der Waals surface area contributed by atoms with E-state index in [1.54, 1.807) is 11.9 Å². The van der Waals surface area contributed by atoms with Crippen molar-refractivity contribution in [2.75, 3.05) is 7.05 Å². The number of halogens is 1. The third-order valence-corrected chi connectivity index (χ3v) is 6.66. The van der Waals surface area contributed by atoms with Gasteiger partial charge in [-0.2, -0.15) is 5.10 Å². The van der Waals surface area contributed by atoms with Gasteiger partial charge in [-0.25, -0.2) is 13.6 Å². The van der Waals surface area contributed by atoms with Gasteiger partial charge < -0.3 is 4.90 Å². The van der Waals surface area contributed by atoms with E-state index in [1.165, 1.54) is 24.3 Å². The lowest BCUT2D eigenvalue weighted by atomic mass is 10.1. The Morgan fingerprint density at radius 2 is 1.62 bits per heavy atom. The van der Waals surface area contributed by atoms with Gasteiger partial charge in [-0.15, -0.1) is 0 Å². The van der Waals surface area contributed by atoms with Crippen LogP contribution in [0.5, 0.6) is 0 Å². The minimum Gasteiger partial charge on any atom is -0.337 e. The topological polar surface area (TPSA) is 98.3 Å². The van der Waals surface area contributed by atoms with Gasteiger partial charge in [0.1, 0.15) is 0 Å². The molecule has 3 aromatic carbocycles. The van der Waals surface area contributed by atoms with Crippen LogP contribution in [0.4, 0.5) is 0 Å². The SMILES string of the molecule is CN(Cc1cn(Cc2ccccc2Cl)nc1-c1ccccc1)C(=O)c1ccc(S(N)(=O)=O)cc1. The molecule has 1 heterocycles. The Kier molecular flexibility index (Phi) is 6.83. The number of primary sulfonamides is 1. The van der Waals surface area contributed by atoms with Crippen molar-refractivity contribution in [3.63, 3.8) is 0 Å². The molecule has 0 atom stereocenters. The fourth-order valence-electron chi connectivity index (χ4n) is 3.63. The number of benzene rings is 3. The first kappa shape index (κ1) is 23.7. The summed E-state index contributed by atoms with van der Waals surface area (Å²) in [5, 5.41) is 10.6. The van der Waals surface area contributed by atoms with Crippen LogP contribution in [0.25, 0.3) is 11.3 Å². The number of hydrogen-bond acceptors (Lipinski definition) is 4. The number of carbonyl (C=O) groups is 1. The fraction of sp³-hybridized carbons (Fsp3) is 0.120. The molecule has 174 valence electrons. The zero-order valence-corrected chi connectivity index (χ0v) is 20.0. The van der Waals surface area contributed by atoms with Crippen LogP contribution in [0.2, 0.25) is 5.02 Å². The summed E-state index contributed by atoms with van der Waals surface area (Å²) in [6.45, 7) is 0.800. The van der Waals surface area contributed by atoms with E-state index in [-0.39, 0.29) is 10.8 Å². The molecule has 0 fully saturated rings. The zero-order valence-electron chi connectivity index (χ0n) is 18.4. The molecular weight excluding hydrogens is 472 g/mol. The Morgan fingerprint density at radius 1 is 0.971 bits per heavy atom. The van der Waals surface area contributed by atoms with E-state index in [2.05, 4.69) is 0 Å². The highest BCUT2D eigenvalue weighted by atomic mass is 35.5. The van der Waals surface area contributed by atoms with Crippen molar-refractivity contribution >= 4 is 27.5 Å². The van der Waals surface area contributed by atoms with Gasteiger partial charge in [0.15, 0.2) is 0 Å². The molecule has 0 aliphatic heterocycles. The highest BCUT2D eigenvalue weighted by Crippen LogP contribution is 2.25. The second-order valence-corrected chi connectivity index (χ2v) is 9.86. The van der Waals surface area contributed by atoms with Gasteiger partial charge in [0, 0.05) is 41.5 Å². The number of nitrogens with zero attached hydrogens (tertiary/aromatic N) is 3. The minimum atomic E-state index is -3.82. The van der Waals surface area contributed by atoms with Gasteiger partial charge in [0.25, 0.3) is 5.91 Å². The van der Waals surface area contributed by atoms with Gasteiger partial charge in [-0.3, -0.25) is 9.48 Å². The summed E-state index contributed by atoms with van der Waals surface area (Å²) in [4.78, 5) is 14.5. The highest BCUT2D eigenvalue weighted by Gasteiger charge is 2.18. The molecular formula is C25H23ClN4O3S. The Morgan fingerprint density at radius 3 is 2.26 bits per heavy atom. The molecule has 1 amide bonds. The number of carbonyl (C=O) groups excluding carboxylic acids is 1. The van der Waals surface area contributed by atoms with Crippen molar-refractivity contribution in [1.29, 1.82) is 0 Å². The van der Waals surface area contributed by atoms with Crippen LogP contribution in [-0.2, 0) is 23.1 Å². The van der Waals surface area contributed by atoms with E-state index in [9.17, 15) is 13.2 Å². The molecule has 34 heavy (non-hydrogen) atoms. The molecule has 4 rings (SSSR count). The average molecular weight is 495 g/mol. The van der Waals surface area contributed by atoms with Crippen molar-refractivity contribution < 1.29 is 13.2 Å². The van der Waals surface area contributed by atoms with Gasteiger partial charge >= 0.3 is 0 Å². The van der Waals surface area contributed by atoms with Crippen LogP contribution >= 0.6 is 11.6 Å². The molecule has 0 aliphatic rings. The maximum absolute atomic E-state index is 13.0. The van der Waals surface area contributed by atoms with E-state index >= 15 is 0 Å². The third kappa shape index (κ3) is 5.36. The fourth-order valence-corrected chi connectivity index (χ4v) is 4.35. The first-order valence-corrected chi connectivity index (χ1v) is 12.4. The quantitative estimate of drug-likeness (QED) is 0.417. The Balaban J connectivity index is 1.61. The minimum absolute atomic E-state index is 0.0427. The summed E-state index contributed by atoms with van der Waals surface area (Å²) in [5.74, 6) is -0.251. The lowest BCUT2D eigenvalue weighted by molar-refractivity contribution is 0.0785. The van der Waals surface area contributed by atoms with Gasteiger partial charge in [-0.05, 0) is 35.9 Å². The second kappa shape index (κ2) is 9.80. The van der Waals surface area contributed by atoms with Crippen molar-refractivity contribution in [1.82, 2.24) is 14.7 Å². The Hall–Kier alpha value is -3.46. The normalized spacial score (nSPS) is 11.4. The molecule has 1 aromatic heterocycles. The Labute approximate surface area is 203 Å². The molecule has 0 unspecified atom stereocenters. The summed E-state index contributed by atoms with van der Waals surface area (Å²) in [7, 11) is -2.13. The van der Waals surface area contributed by atoms with Gasteiger partial charge in [0.2, 0.25) is 10.0 Å². The second-order valence-electron chi connectivity index (χ2n) is 7.89. The molecule has 2 N–H and O–H groups in total. The van der Waals surface area contributed by atoms with Crippen molar-refractivity contribution in [3.8, 4) is 11.3 Å². The van der Waals surface area contributed by atoms with E-state index < -0.39 is 10.0 Å².